The molecule has 0 spiro atoms. The van der Waals surface area contributed by atoms with Gasteiger partial charge in [-0.1, -0.05) is 6.92 Å². The van der Waals surface area contributed by atoms with Gasteiger partial charge in [-0.2, -0.15) is 0 Å². The summed E-state index contributed by atoms with van der Waals surface area (Å²) < 4.78 is 0. The molecule has 6 nitrogen and oxygen atoms in total. The van der Waals surface area contributed by atoms with Gasteiger partial charge < -0.3 is 10.0 Å². The summed E-state index contributed by atoms with van der Waals surface area (Å²) in [5, 5.41) is 20.0. The lowest BCUT2D eigenvalue weighted by molar-refractivity contribution is -0.385. The van der Waals surface area contributed by atoms with Gasteiger partial charge in [-0.05, 0) is 25.5 Å². The van der Waals surface area contributed by atoms with E-state index in [2.05, 4.69) is 0 Å². The van der Waals surface area contributed by atoms with Crippen LogP contribution in [0.15, 0.2) is 18.2 Å². The SMILES string of the molecule is CCC(C)N(C)C(=O)c1ccc(O)c([N+](=O)[O-])c1. The Morgan fingerprint density at radius 1 is 1.56 bits per heavy atom. The van der Waals surface area contributed by atoms with Crippen molar-refractivity contribution in [3.05, 3.63) is 33.9 Å². The first-order valence-corrected chi connectivity index (χ1v) is 5.63. The van der Waals surface area contributed by atoms with E-state index in [0.29, 0.717) is 0 Å². The van der Waals surface area contributed by atoms with Crippen LogP contribution in [0.1, 0.15) is 30.6 Å². The van der Waals surface area contributed by atoms with Gasteiger partial charge in [0.1, 0.15) is 0 Å². The molecular weight excluding hydrogens is 236 g/mol. The molecule has 98 valence electrons. The number of hydrogen-bond donors (Lipinski definition) is 1. The number of hydrogen-bond acceptors (Lipinski definition) is 4. The van der Waals surface area contributed by atoms with E-state index in [1.165, 1.54) is 11.0 Å². The van der Waals surface area contributed by atoms with Crippen molar-refractivity contribution >= 4 is 11.6 Å². The Morgan fingerprint density at radius 3 is 2.67 bits per heavy atom. The monoisotopic (exact) mass is 252 g/mol. The maximum absolute atomic E-state index is 12.1. The highest BCUT2D eigenvalue weighted by Crippen LogP contribution is 2.26. The van der Waals surface area contributed by atoms with Crippen LogP contribution in [0.25, 0.3) is 0 Å². The summed E-state index contributed by atoms with van der Waals surface area (Å²) in [7, 11) is 1.65. The second-order valence-electron chi connectivity index (χ2n) is 4.13. The Morgan fingerprint density at radius 2 is 2.17 bits per heavy atom. The number of nitro benzene ring substituents is 1. The molecule has 0 bridgehead atoms. The zero-order valence-electron chi connectivity index (χ0n) is 10.6. The molecule has 1 atom stereocenters. The maximum atomic E-state index is 12.1. The van der Waals surface area contributed by atoms with Crippen molar-refractivity contribution in [2.45, 2.75) is 26.3 Å². The number of aromatic hydroxyl groups is 1. The first-order chi connectivity index (χ1) is 8.38. The van der Waals surface area contributed by atoms with Gasteiger partial charge in [0.25, 0.3) is 5.91 Å². The van der Waals surface area contributed by atoms with Crippen LogP contribution in [-0.2, 0) is 0 Å². The van der Waals surface area contributed by atoms with Gasteiger partial charge in [-0.25, -0.2) is 0 Å². The minimum atomic E-state index is -0.713. The summed E-state index contributed by atoms with van der Waals surface area (Å²) in [6, 6.07) is 3.68. The van der Waals surface area contributed by atoms with Gasteiger partial charge in [0, 0.05) is 24.7 Å². The van der Waals surface area contributed by atoms with Gasteiger partial charge in [-0.15, -0.1) is 0 Å². The number of nitrogens with zero attached hydrogens (tertiary/aromatic N) is 2. The number of carbonyl (C=O) groups is 1. The summed E-state index contributed by atoms with van der Waals surface area (Å²) in [5.41, 5.74) is -0.263. The zero-order chi connectivity index (χ0) is 13.9. The minimum absolute atomic E-state index is 0.0466. The average molecular weight is 252 g/mol. The van der Waals surface area contributed by atoms with Crippen LogP contribution in [-0.4, -0.2) is 33.9 Å². The predicted octanol–water partition coefficient (Wildman–Crippen LogP) is 2.17. The van der Waals surface area contributed by atoms with Crippen LogP contribution in [0.3, 0.4) is 0 Å². The van der Waals surface area contributed by atoms with Gasteiger partial charge in [0.2, 0.25) is 0 Å². The predicted molar refractivity (Wildman–Crippen MR) is 66.6 cm³/mol. The fourth-order valence-corrected chi connectivity index (χ4v) is 1.48. The normalized spacial score (nSPS) is 11.9. The van der Waals surface area contributed by atoms with Gasteiger partial charge >= 0.3 is 5.69 Å². The van der Waals surface area contributed by atoms with E-state index in [1.54, 1.807) is 7.05 Å². The molecule has 0 aromatic heterocycles. The lowest BCUT2D eigenvalue weighted by atomic mass is 10.1. The van der Waals surface area contributed by atoms with Crippen molar-refractivity contribution in [2.75, 3.05) is 7.05 Å². The Hall–Kier alpha value is -2.11. The molecule has 0 aliphatic heterocycles. The highest BCUT2D eigenvalue weighted by Gasteiger charge is 2.20. The molecular formula is C12H16N2O4. The quantitative estimate of drug-likeness (QED) is 0.657. The van der Waals surface area contributed by atoms with Crippen molar-refractivity contribution in [3.63, 3.8) is 0 Å². The minimum Gasteiger partial charge on any atom is -0.502 e. The summed E-state index contributed by atoms with van der Waals surface area (Å²) in [4.78, 5) is 23.5. The molecule has 18 heavy (non-hydrogen) atoms. The molecule has 0 heterocycles. The topological polar surface area (TPSA) is 83.7 Å². The Bertz CT molecular complexity index is 473. The molecule has 1 N–H and O–H groups in total. The Labute approximate surface area is 105 Å². The van der Waals surface area contributed by atoms with E-state index in [-0.39, 0.29) is 17.5 Å². The Balaban J connectivity index is 3.07. The third-order valence-electron chi connectivity index (χ3n) is 2.99. The van der Waals surface area contributed by atoms with Crippen LogP contribution in [0.2, 0.25) is 0 Å². The fraction of sp³-hybridized carbons (Fsp3) is 0.417. The first-order valence-electron chi connectivity index (χ1n) is 5.63. The summed E-state index contributed by atoms with van der Waals surface area (Å²) in [6.45, 7) is 3.85. The smallest absolute Gasteiger partial charge is 0.311 e. The lowest BCUT2D eigenvalue weighted by Gasteiger charge is -2.23. The van der Waals surface area contributed by atoms with Crippen molar-refractivity contribution in [2.24, 2.45) is 0 Å². The molecule has 0 aliphatic rings. The highest BCUT2D eigenvalue weighted by atomic mass is 16.6. The largest absolute Gasteiger partial charge is 0.502 e. The molecule has 1 unspecified atom stereocenters. The van der Waals surface area contributed by atoms with E-state index in [1.807, 2.05) is 13.8 Å². The fourth-order valence-electron chi connectivity index (χ4n) is 1.48. The third kappa shape index (κ3) is 2.77. The molecule has 0 fully saturated rings. The number of carbonyl (C=O) groups excluding carboxylic acids is 1. The van der Waals surface area contributed by atoms with Crippen LogP contribution < -0.4 is 0 Å². The second-order valence-corrected chi connectivity index (χ2v) is 4.13. The average Bonchev–Trinajstić information content (AvgIpc) is 2.36. The van der Waals surface area contributed by atoms with Crippen LogP contribution in [0.5, 0.6) is 5.75 Å². The second kappa shape index (κ2) is 5.48. The van der Waals surface area contributed by atoms with E-state index < -0.39 is 16.4 Å². The van der Waals surface area contributed by atoms with E-state index >= 15 is 0 Å². The third-order valence-corrected chi connectivity index (χ3v) is 2.99. The summed E-state index contributed by atoms with van der Waals surface area (Å²) >= 11 is 0. The van der Waals surface area contributed by atoms with Crippen LogP contribution in [0.4, 0.5) is 5.69 Å². The molecule has 1 rings (SSSR count). The maximum Gasteiger partial charge on any atom is 0.311 e. The lowest BCUT2D eigenvalue weighted by Crippen LogP contribution is -2.34. The summed E-state index contributed by atoms with van der Waals surface area (Å²) in [5.74, 6) is -0.741. The molecule has 1 amide bonds. The van der Waals surface area contributed by atoms with Crippen LogP contribution in [0, 0.1) is 10.1 Å². The molecule has 6 heteroatoms. The van der Waals surface area contributed by atoms with Crippen molar-refractivity contribution in [1.82, 2.24) is 4.90 Å². The number of nitro groups is 1. The van der Waals surface area contributed by atoms with Gasteiger partial charge in [0.15, 0.2) is 5.75 Å². The standard InChI is InChI=1S/C12H16N2O4/c1-4-8(2)13(3)12(16)9-5-6-11(15)10(7-9)14(17)18/h5-8,15H,4H2,1-3H3. The van der Waals surface area contributed by atoms with E-state index in [4.69, 9.17) is 0 Å². The number of benzene rings is 1. The van der Waals surface area contributed by atoms with E-state index in [0.717, 1.165) is 18.6 Å². The Kier molecular flexibility index (Phi) is 4.25. The number of phenolic OH excluding ortho intramolecular Hbond substituents is 1. The van der Waals surface area contributed by atoms with Crippen molar-refractivity contribution < 1.29 is 14.8 Å². The molecule has 0 saturated heterocycles. The molecule has 0 saturated carbocycles. The number of phenols is 1. The van der Waals surface area contributed by atoms with Crippen LogP contribution >= 0.6 is 0 Å². The molecule has 0 aliphatic carbocycles. The molecule has 0 radical (unpaired) electrons. The number of rotatable bonds is 4. The van der Waals surface area contributed by atoms with Gasteiger partial charge in [-0.3, -0.25) is 14.9 Å². The molecule has 1 aromatic rings. The zero-order valence-corrected chi connectivity index (χ0v) is 10.6. The van der Waals surface area contributed by atoms with Gasteiger partial charge in [0.05, 0.1) is 4.92 Å². The molecule has 1 aromatic carbocycles. The van der Waals surface area contributed by atoms with E-state index in [9.17, 15) is 20.0 Å². The number of amides is 1. The highest BCUT2D eigenvalue weighted by molar-refractivity contribution is 5.95. The van der Waals surface area contributed by atoms with Crippen molar-refractivity contribution in [3.8, 4) is 5.75 Å². The first kappa shape index (κ1) is 14.0. The summed E-state index contributed by atoms with van der Waals surface area (Å²) in [6.07, 6.45) is 0.794. The van der Waals surface area contributed by atoms with Crippen molar-refractivity contribution in [1.29, 1.82) is 0 Å².